The maximum Gasteiger partial charge on any atom is 0.122 e. The van der Waals surface area contributed by atoms with E-state index in [2.05, 4.69) is 6.07 Å². The summed E-state index contributed by atoms with van der Waals surface area (Å²) in [5.41, 5.74) is 8.45. The van der Waals surface area contributed by atoms with E-state index in [1.165, 1.54) is 6.42 Å². The van der Waals surface area contributed by atoms with Crippen LogP contribution in [0.3, 0.4) is 0 Å². The molecule has 0 aromatic heterocycles. The van der Waals surface area contributed by atoms with Gasteiger partial charge in [0.1, 0.15) is 5.75 Å². The molecule has 1 aromatic carbocycles. The van der Waals surface area contributed by atoms with E-state index in [-0.39, 0.29) is 18.1 Å². The molecule has 1 fully saturated rings. The fourth-order valence-corrected chi connectivity index (χ4v) is 2.74. The van der Waals surface area contributed by atoms with Crippen molar-refractivity contribution in [3.63, 3.8) is 0 Å². The summed E-state index contributed by atoms with van der Waals surface area (Å²) in [5, 5.41) is 9.57. The minimum absolute atomic E-state index is 0.0781. The minimum atomic E-state index is -0.0976. The standard InChI is InChI=1S/C15H23NO2/c1-3-18-13-6-5-12(9-11(13)2)14(16)15(10-17)7-4-8-15/h5-6,9,14,17H,3-4,7-8,10,16H2,1-2H3. The molecule has 3 heteroatoms. The molecule has 3 N–H and O–H groups in total. The van der Waals surface area contributed by atoms with Crippen LogP contribution in [-0.4, -0.2) is 18.3 Å². The van der Waals surface area contributed by atoms with Gasteiger partial charge in [0.05, 0.1) is 13.2 Å². The van der Waals surface area contributed by atoms with Gasteiger partial charge in [-0.05, 0) is 43.9 Å². The van der Waals surface area contributed by atoms with E-state index in [1.807, 2.05) is 26.0 Å². The highest BCUT2D eigenvalue weighted by Gasteiger charge is 2.42. The van der Waals surface area contributed by atoms with Gasteiger partial charge in [-0.1, -0.05) is 18.6 Å². The smallest absolute Gasteiger partial charge is 0.122 e. The number of benzene rings is 1. The summed E-state index contributed by atoms with van der Waals surface area (Å²) < 4.78 is 5.53. The molecule has 0 spiro atoms. The molecule has 0 heterocycles. The van der Waals surface area contributed by atoms with Gasteiger partial charge in [0.2, 0.25) is 0 Å². The fraction of sp³-hybridized carbons (Fsp3) is 0.600. The average Bonchev–Trinajstić information content (AvgIpc) is 2.31. The predicted octanol–water partition coefficient (Wildman–Crippen LogP) is 2.56. The van der Waals surface area contributed by atoms with Crippen molar-refractivity contribution in [1.82, 2.24) is 0 Å². The highest BCUT2D eigenvalue weighted by atomic mass is 16.5. The first-order valence-corrected chi connectivity index (χ1v) is 6.73. The molecule has 100 valence electrons. The molecule has 3 nitrogen and oxygen atoms in total. The molecular weight excluding hydrogens is 226 g/mol. The Morgan fingerprint density at radius 1 is 1.44 bits per heavy atom. The third-order valence-electron chi connectivity index (χ3n) is 4.18. The van der Waals surface area contributed by atoms with Gasteiger partial charge >= 0.3 is 0 Å². The van der Waals surface area contributed by atoms with Crippen LogP contribution in [-0.2, 0) is 0 Å². The fourth-order valence-electron chi connectivity index (χ4n) is 2.74. The molecule has 0 amide bonds. The molecule has 0 saturated heterocycles. The normalized spacial score (nSPS) is 19.1. The molecule has 0 aliphatic heterocycles. The van der Waals surface area contributed by atoms with Crippen LogP contribution < -0.4 is 10.5 Å². The van der Waals surface area contributed by atoms with Crippen molar-refractivity contribution in [2.45, 2.75) is 39.2 Å². The quantitative estimate of drug-likeness (QED) is 0.843. The summed E-state index contributed by atoms with van der Waals surface area (Å²) in [6.07, 6.45) is 3.22. The number of hydrogen-bond donors (Lipinski definition) is 2. The van der Waals surface area contributed by atoms with E-state index in [4.69, 9.17) is 10.5 Å². The third kappa shape index (κ3) is 2.25. The second-order valence-electron chi connectivity index (χ2n) is 5.31. The number of rotatable bonds is 5. The molecule has 0 radical (unpaired) electrons. The van der Waals surface area contributed by atoms with Gasteiger partial charge in [0.25, 0.3) is 0 Å². The largest absolute Gasteiger partial charge is 0.494 e. The first-order chi connectivity index (χ1) is 8.63. The van der Waals surface area contributed by atoms with Gasteiger partial charge in [-0.15, -0.1) is 0 Å². The van der Waals surface area contributed by atoms with Gasteiger partial charge < -0.3 is 15.6 Å². The Hall–Kier alpha value is -1.06. The van der Waals surface area contributed by atoms with Crippen molar-refractivity contribution in [2.75, 3.05) is 13.2 Å². The lowest BCUT2D eigenvalue weighted by Crippen LogP contribution is -2.43. The zero-order chi connectivity index (χ0) is 13.2. The topological polar surface area (TPSA) is 55.5 Å². The van der Waals surface area contributed by atoms with Gasteiger partial charge in [0, 0.05) is 11.5 Å². The van der Waals surface area contributed by atoms with Crippen LogP contribution in [0.5, 0.6) is 5.75 Å². The Bertz CT molecular complexity index is 407. The number of hydrogen-bond acceptors (Lipinski definition) is 3. The molecule has 1 unspecified atom stereocenters. The molecule has 1 aliphatic carbocycles. The first-order valence-electron chi connectivity index (χ1n) is 6.73. The number of aliphatic hydroxyl groups excluding tert-OH is 1. The Morgan fingerprint density at radius 2 is 2.17 bits per heavy atom. The van der Waals surface area contributed by atoms with Crippen molar-refractivity contribution in [1.29, 1.82) is 0 Å². The van der Waals surface area contributed by atoms with Crippen LogP contribution in [0.2, 0.25) is 0 Å². The molecule has 1 aromatic rings. The second kappa shape index (κ2) is 5.29. The van der Waals surface area contributed by atoms with Crippen molar-refractivity contribution >= 4 is 0 Å². The van der Waals surface area contributed by atoms with E-state index < -0.39 is 0 Å². The van der Waals surface area contributed by atoms with Gasteiger partial charge in [-0.25, -0.2) is 0 Å². The summed E-state index contributed by atoms with van der Waals surface area (Å²) in [5.74, 6) is 0.917. The van der Waals surface area contributed by atoms with Crippen LogP contribution in [0.4, 0.5) is 0 Å². The lowest BCUT2D eigenvalue weighted by Gasteiger charge is -2.45. The molecular formula is C15H23NO2. The monoisotopic (exact) mass is 249 g/mol. The molecule has 1 saturated carbocycles. The maximum atomic E-state index is 9.57. The van der Waals surface area contributed by atoms with E-state index in [0.29, 0.717) is 6.61 Å². The average molecular weight is 249 g/mol. The summed E-state index contributed by atoms with van der Waals surface area (Å²) in [6, 6.07) is 6.02. The minimum Gasteiger partial charge on any atom is -0.494 e. The number of nitrogens with two attached hydrogens (primary N) is 1. The van der Waals surface area contributed by atoms with Crippen LogP contribution in [0, 0.1) is 12.3 Å². The zero-order valence-corrected chi connectivity index (χ0v) is 11.3. The summed E-state index contributed by atoms with van der Waals surface area (Å²) >= 11 is 0. The molecule has 1 atom stereocenters. The second-order valence-corrected chi connectivity index (χ2v) is 5.31. The summed E-state index contributed by atoms with van der Waals surface area (Å²) in [7, 11) is 0. The number of aryl methyl sites for hydroxylation is 1. The Kier molecular flexibility index (Phi) is 3.93. The van der Waals surface area contributed by atoms with E-state index in [0.717, 1.165) is 29.7 Å². The Morgan fingerprint density at radius 3 is 2.61 bits per heavy atom. The maximum absolute atomic E-state index is 9.57. The summed E-state index contributed by atoms with van der Waals surface area (Å²) in [4.78, 5) is 0. The SMILES string of the molecule is CCOc1ccc(C(N)C2(CO)CCC2)cc1C. The Balaban J connectivity index is 2.20. The molecule has 0 bridgehead atoms. The van der Waals surface area contributed by atoms with E-state index in [1.54, 1.807) is 0 Å². The van der Waals surface area contributed by atoms with Crippen molar-refractivity contribution < 1.29 is 9.84 Å². The van der Waals surface area contributed by atoms with Crippen LogP contribution in [0.1, 0.15) is 43.4 Å². The van der Waals surface area contributed by atoms with Crippen molar-refractivity contribution in [3.8, 4) is 5.75 Å². The van der Waals surface area contributed by atoms with Crippen LogP contribution in [0.25, 0.3) is 0 Å². The van der Waals surface area contributed by atoms with Crippen molar-refractivity contribution in [3.05, 3.63) is 29.3 Å². The highest BCUT2D eigenvalue weighted by molar-refractivity contribution is 5.38. The lowest BCUT2D eigenvalue weighted by molar-refractivity contribution is 0.0184. The summed E-state index contributed by atoms with van der Waals surface area (Å²) in [6.45, 7) is 4.87. The molecule has 2 rings (SSSR count). The number of aliphatic hydroxyl groups is 1. The predicted molar refractivity (Wildman–Crippen MR) is 72.6 cm³/mol. The lowest BCUT2D eigenvalue weighted by atomic mass is 9.63. The van der Waals surface area contributed by atoms with E-state index >= 15 is 0 Å². The molecule has 18 heavy (non-hydrogen) atoms. The number of ether oxygens (including phenoxy) is 1. The third-order valence-corrected chi connectivity index (χ3v) is 4.18. The van der Waals surface area contributed by atoms with Gasteiger partial charge in [0.15, 0.2) is 0 Å². The van der Waals surface area contributed by atoms with Crippen LogP contribution >= 0.6 is 0 Å². The van der Waals surface area contributed by atoms with Crippen LogP contribution in [0.15, 0.2) is 18.2 Å². The first kappa shape index (κ1) is 13.4. The van der Waals surface area contributed by atoms with Gasteiger partial charge in [-0.2, -0.15) is 0 Å². The highest BCUT2D eigenvalue weighted by Crippen LogP contribution is 2.48. The Labute approximate surface area is 109 Å². The van der Waals surface area contributed by atoms with Gasteiger partial charge in [-0.3, -0.25) is 0 Å². The molecule has 1 aliphatic rings. The zero-order valence-electron chi connectivity index (χ0n) is 11.3. The van der Waals surface area contributed by atoms with E-state index in [9.17, 15) is 5.11 Å². The van der Waals surface area contributed by atoms with Crippen molar-refractivity contribution in [2.24, 2.45) is 11.1 Å².